The third-order valence-corrected chi connectivity index (χ3v) is 8.42. The van der Waals surface area contributed by atoms with E-state index in [1.54, 1.807) is 0 Å². The first-order chi connectivity index (χ1) is 15.6. The number of halogens is 1. The van der Waals surface area contributed by atoms with Gasteiger partial charge in [-0.05, 0) is 59.7 Å². The van der Waals surface area contributed by atoms with Gasteiger partial charge in [0.05, 0.1) is 12.0 Å². The molecule has 2 atom stereocenters. The SMILES string of the molecule is Cc1c(C(=O)OCCc2ccccc2)sc2nc(Cl)nc(N3CC4(C)CC3CC(C)(C)C4)c12. The average Bonchev–Trinajstić information content (AvgIpc) is 3.20. The fraction of sp³-hybridized carbons (Fsp3) is 0.500. The van der Waals surface area contributed by atoms with Crippen molar-refractivity contribution in [3.8, 4) is 0 Å². The number of hydrogen-bond acceptors (Lipinski definition) is 6. The lowest BCUT2D eigenvalue weighted by Crippen LogP contribution is -2.35. The first-order valence-electron chi connectivity index (χ1n) is 11.6. The zero-order valence-corrected chi connectivity index (χ0v) is 21.2. The molecule has 1 aliphatic heterocycles. The van der Waals surface area contributed by atoms with E-state index in [2.05, 4.69) is 30.7 Å². The predicted octanol–water partition coefficient (Wildman–Crippen LogP) is 6.46. The maximum atomic E-state index is 13.0. The molecule has 0 radical (unpaired) electrons. The third-order valence-electron chi connectivity index (χ3n) is 7.08. The first kappa shape index (κ1) is 22.6. The Morgan fingerprint density at radius 3 is 2.73 bits per heavy atom. The van der Waals surface area contributed by atoms with E-state index in [0.29, 0.717) is 29.4 Å². The molecule has 2 bridgehead atoms. The van der Waals surface area contributed by atoms with Gasteiger partial charge in [-0.15, -0.1) is 11.3 Å². The van der Waals surface area contributed by atoms with E-state index < -0.39 is 0 Å². The molecule has 0 spiro atoms. The smallest absolute Gasteiger partial charge is 0.348 e. The molecule has 1 aliphatic carbocycles. The molecule has 5 rings (SSSR count). The number of nitrogens with zero attached hydrogens (tertiary/aromatic N) is 3. The molecule has 5 nitrogen and oxygen atoms in total. The molecular formula is C26H30ClN3O2S. The average molecular weight is 484 g/mol. The summed E-state index contributed by atoms with van der Waals surface area (Å²) in [4.78, 5) is 25.9. The first-order valence-corrected chi connectivity index (χ1v) is 12.8. The fourth-order valence-electron chi connectivity index (χ4n) is 6.17. The van der Waals surface area contributed by atoms with Crippen LogP contribution in [0, 0.1) is 17.8 Å². The van der Waals surface area contributed by atoms with Crippen LogP contribution in [0.5, 0.6) is 0 Å². The van der Waals surface area contributed by atoms with Gasteiger partial charge >= 0.3 is 5.97 Å². The van der Waals surface area contributed by atoms with Gasteiger partial charge < -0.3 is 9.64 Å². The maximum absolute atomic E-state index is 13.0. The number of ether oxygens (including phenoxy) is 1. The number of benzene rings is 1. The lowest BCUT2D eigenvalue weighted by Gasteiger charge is -2.39. The van der Waals surface area contributed by atoms with Gasteiger partial charge in [-0.3, -0.25) is 0 Å². The second kappa shape index (κ2) is 8.24. The number of carbonyl (C=O) groups is 1. The van der Waals surface area contributed by atoms with Gasteiger partial charge in [0.25, 0.3) is 0 Å². The van der Waals surface area contributed by atoms with Crippen LogP contribution in [0.2, 0.25) is 5.28 Å². The number of aryl methyl sites for hydroxylation is 1. The molecule has 1 aromatic carbocycles. The van der Waals surface area contributed by atoms with E-state index in [1.165, 1.54) is 17.8 Å². The van der Waals surface area contributed by atoms with Crippen LogP contribution >= 0.6 is 22.9 Å². The summed E-state index contributed by atoms with van der Waals surface area (Å²) in [7, 11) is 0. The highest BCUT2D eigenvalue weighted by molar-refractivity contribution is 7.20. The van der Waals surface area contributed by atoms with E-state index in [-0.39, 0.29) is 16.7 Å². The number of carbonyl (C=O) groups excluding carboxylic acids is 1. The van der Waals surface area contributed by atoms with Crippen molar-refractivity contribution in [1.82, 2.24) is 9.97 Å². The Morgan fingerprint density at radius 1 is 1.21 bits per heavy atom. The van der Waals surface area contributed by atoms with Gasteiger partial charge in [-0.25, -0.2) is 9.78 Å². The van der Waals surface area contributed by atoms with E-state index in [9.17, 15) is 4.79 Å². The van der Waals surface area contributed by atoms with Crippen molar-refractivity contribution in [3.05, 3.63) is 51.6 Å². The van der Waals surface area contributed by atoms with Crippen molar-refractivity contribution >= 4 is 44.9 Å². The second-order valence-corrected chi connectivity index (χ2v) is 12.1. The zero-order valence-electron chi connectivity index (χ0n) is 19.7. The van der Waals surface area contributed by atoms with Crippen LogP contribution in [-0.2, 0) is 11.2 Å². The lowest BCUT2D eigenvalue weighted by atomic mass is 9.65. The van der Waals surface area contributed by atoms with Gasteiger partial charge in [-0.2, -0.15) is 4.98 Å². The number of esters is 1. The van der Waals surface area contributed by atoms with Crippen LogP contribution in [0.4, 0.5) is 5.82 Å². The van der Waals surface area contributed by atoms with Crippen molar-refractivity contribution in [2.75, 3.05) is 18.1 Å². The highest BCUT2D eigenvalue weighted by atomic mass is 35.5. The van der Waals surface area contributed by atoms with Gasteiger partial charge in [0, 0.05) is 19.0 Å². The Kier molecular flexibility index (Phi) is 5.65. The summed E-state index contributed by atoms with van der Waals surface area (Å²) in [6.07, 6.45) is 4.19. The molecule has 3 heterocycles. The quantitative estimate of drug-likeness (QED) is 0.308. The third kappa shape index (κ3) is 4.35. The summed E-state index contributed by atoms with van der Waals surface area (Å²) in [6.45, 7) is 10.4. The fourth-order valence-corrected chi connectivity index (χ4v) is 7.46. The van der Waals surface area contributed by atoms with E-state index in [0.717, 1.165) is 46.5 Å². The standard InChI is InChI=1S/C26H30ClN3O2S/c1-16-19-21(30-15-26(4)13-18(30)12-25(2,3)14-26)28-24(27)29-22(19)33-20(16)23(31)32-11-10-17-8-6-5-7-9-17/h5-9,18H,10-15H2,1-4H3. The van der Waals surface area contributed by atoms with Crippen LogP contribution in [-0.4, -0.2) is 35.1 Å². The van der Waals surface area contributed by atoms with Gasteiger partial charge in [0.2, 0.25) is 5.28 Å². The lowest BCUT2D eigenvalue weighted by molar-refractivity contribution is 0.0514. The van der Waals surface area contributed by atoms with Crippen molar-refractivity contribution in [1.29, 1.82) is 0 Å². The molecular weight excluding hydrogens is 454 g/mol. The molecule has 3 aromatic rings. The molecule has 2 fully saturated rings. The van der Waals surface area contributed by atoms with Crippen molar-refractivity contribution in [2.24, 2.45) is 10.8 Å². The number of thiophene rings is 1. The Labute approximate surface area is 204 Å². The van der Waals surface area contributed by atoms with Crippen molar-refractivity contribution in [2.45, 2.75) is 59.4 Å². The molecule has 0 amide bonds. The Bertz CT molecular complexity index is 1210. The monoisotopic (exact) mass is 483 g/mol. The molecule has 7 heteroatoms. The molecule has 2 aliphatic rings. The number of fused-ring (bicyclic) bond motifs is 3. The summed E-state index contributed by atoms with van der Waals surface area (Å²) in [5.74, 6) is 0.565. The molecule has 0 N–H and O–H groups in total. The van der Waals surface area contributed by atoms with Crippen LogP contribution < -0.4 is 4.90 Å². The van der Waals surface area contributed by atoms with Gasteiger partial charge in [0.15, 0.2) is 0 Å². The largest absolute Gasteiger partial charge is 0.461 e. The molecule has 174 valence electrons. The summed E-state index contributed by atoms with van der Waals surface area (Å²) in [5.41, 5.74) is 2.60. The summed E-state index contributed by atoms with van der Waals surface area (Å²) in [6, 6.07) is 10.5. The Hall–Kier alpha value is -2.18. The minimum absolute atomic E-state index is 0.230. The number of aromatic nitrogens is 2. The van der Waals surface area contributed by atoms with Gasteiger partial charge in [-0.1, -0.05) is 51.1 Å². The Morgan fingerprint density at radius 2 is 1.97 bits per heavy atom. The number of anilines is 1. The number of hydrogen-bond donors (Lipinski definition) is 0. The van der Waals surface area contributed by atoms with Crippen LogP contribution in [0.1, 0.15) is 60.8 Å². The minimum Gasteiger partial charge on any atom is -0.461 e. The van der Waals surface area contributed by atoms with Crippen LogP contribution in [0.25, 0.3) is 10.2 Å². The normalized spacial score (nSPS) is 23.8. The maximum Gasteiger partial charge on any atom is 0.348 e. The second-order valence-electron chi connectivity index (χ2n) is 10.8. The molecule has 2 unspecified atom stereocenters. The Balaban J connectivity index is 1.44. The summed E-state index contributed by atoms with van der Waals surface area (Å²) in [5, 5.41) is 1.17. The molecule has 33 heavy (non-hydrogen) atoms. The summed E-state index contributed by atoms with van der Waals surface area (Å²) >= 11 is 7.72. The van der Waals surface area contributed by atoms with E-state index in [4.69, 9.17) is 21.3 Å². The van der Waals surface area contributed by atoms with E-state index >= 15 is 0 Å². The summed E-state index contributed by atoms with van der Waals surface area (Å²) < 4.78 is 5.63. The zero-order chi connectivity index (χ0) is 23.4. The topological polar surface area (TPSA) is 55.3 Å². The molecule has 1 saturated heterocycles. The molecule has 1 saturated carbocycles. The van der Waals surface area contributed by atoms with Crippen molar-refractivity contribution < 1.29 is 9.53 Å². The van der Waals surface area contributed by atoms with Crippen molar-refractivity contribution in [3.63, 3.8) is 0 Å². The van der Waals surface area contributed by atoms with Crippen LogP contribution in [0.15, 0.2) is 30.3 Å². The number of rotatable bonds is 5. The van der Waals surface area contributed by atoms with Crippen LogP contribution in [0.3, 0.4) is 0 Å². The highest BCUT2D eigenvalue weighted by Gasteiger charge is 2.50. The predicted molar refractivity (Wildman–Crippen MR) is 134 cm³/mol. The minimum atomic E-state index is -0.304. The van der Waals surface area contributed by atoms with Gasteiger partial charge in [0.1, 0.15) is 15.5 Å². The van der Waals surface area contributed by atoms with E-state index in [1.807, 2.05) is 37.3 Å². The highest BCUT2D eigenvalue weighted by Crippen LogP contribution is 2.54. The molecule has 2 aromatic heterocycles.